The van der Waals surface area contributed by atoms with E-state index >= 15 is 0 Å². The summed E-state index contributed by atoms with van der Waals surface area (Å²) in [5.74, 6) is 0.269. The lowest BCUT2D eigenvalue weighted by atomic mass is 10.2. The molecule has 0 unspecified atom stereocenters. The lowest BCUT2D eigenvalue weighted by molar-refractivity contribution is -0.385. The van der Waals surface area contributed by atoms with Crippen LogP contribution in [0.3, 0.4) is 0 Å². The van der Waals surface area contributed by atoms with Crippen molar-refractivity contribution in [2.75, 3.05) is 13.7 Å². The number of nitrogens with one attached hydrogen (secondary N) is 1. The van der Waals surface area contributed by atoms with Crippen LogP contribution in [0.2, 0.25) is 0 Å². The van der Waals surface area contributed by atoms with E-state index in [0.29, 0.717) is 0 Å². The molecule has 1 N–H and O–H groups in total. The number of methoxy groups -OCH3 is 1. The van der Waals surface area contributed by atoms with E-state index in [1.165, 1.54) is 25.3 Å². The topological polar surface area (TPSA) is 104 Å². The Labute approximate surface area is 128 Å². The van der Waals surface area contributed by atoms with Crippen molar-refractivity contribution in [1.29, 1.82) is 0 Å². The van der Waals surface area contributed by atoms with Gasteiger partial charge >= 0.3 is 6.09 Å². The molecule has 0 saturated carbocycles. The van der Waals surface area contributed by atoms with Crippen molar-refractivity contribution >= 4 is 17.9 Å². The van der Waals surface area contributed by atoms with Crippen molar-refractivity contribution in [3.63, 3.8) is 0 Å². The van der Waals surface area contributed by atoms with Crippen molar-refractivity contribution < 1.29 is 19.2 Å². The molecule has 120 valence electrons. The molecule has 0 radical (unpaired) electrons. The number of carbonyl (C=O) groups excluding carboxylic acids is 1. The predicted molar refractivity (Wildman–Crippen MR) is 80.7 cm³/mol. The van der Waals surface area contributed by atoms with Crippen LogP contribution < -0.4 is 10.1 Å². The Bertz CT molecular complexity index is 578. The summed E-state index contributed by atoms with van der Waals surface area (Å²) in [4.78, 5) is 25.8. The van der Waals surface area contributed by atoms with Gasteiger partial charge in [-0.05, 0) is 26.8 Å². The van der Waals surface area contributed by atoms with Crippen LogP contribution in [0.15, 0.2) is 18.2 Å². The fourth-order valence-corrected chi connectivity index (χ4v) is 1.47. The van der Waals surface area contributed by atoms with Crippen LogP contribution in [0, 0.1) is 10.1 Å². The second kappa shape index (κ2) is 7.39. The molecule has 0 aliphatic heterocycles. The molecule has 0 atom stereocenters. The molecule has 22 heavy (non-hydrogen) atoms. The van der Waals surface area contributed by atoms with Crippen LogP contribution in [0.1, 0.15) is 26.5 Å². The Morgan fingerprint density at radius 1 is 1.45 bits per heavy atom. The average molecular weight is 309 g/mol. The Hall–Kier alpha value is -2.64. The lowest BCUT2D eigenvalue weighted by Crippen LogP contribution is -2.32. The lowest BCUT2D eigenvalue weighted by Gasteiger charge is -2.19. The van der Waals surface area contributed by atoms with E-state index in [1.54, 1.807) is 26.8 Å². The van der Waals surface area contributed by atoms with Gasteiger partial charge in [-0.15, -0.1) is 0 Å². The molecule has 0 aliphatic carbocycles. The number of carbonyl (C=O) groups is 1. The molecule has 1 aromatic rings. The molecular weight excluding hydrogens is 290 g/mol. The maximum absolute atomic E-state index is 11.4. The van der Waals surface area contributed by atoms with Crippen molar-refractivity contribution in [3.05, 3.63) is 34.0 Å². The number of nitro groups is 1. The average Bonchev–Trinajstić information content (AvgIpc) is 2.41. The maximum Gasteiger partial charge on any atom is 0.407 e. The standard InChI is InChI=1S/C14H19N3O5/c1-14(2,3)22-13(18)15-9-5-6-10-11(17(19)20)7-8-12(16-10)21-4/h5-8H,9H2,1-4H3,(H,15,18). The van der Waals surface area contributed by atoms with Crippen LogP contribution in [0.4, 0.5) is 10.5 Å². The normalized spacial score (nSPS) is 11.3. The van der Waals surface area contributed by atoms with E-state index in [4.69, 9.17) is 9.47 Å². The van der Waals surface area contributed by atoms with E-state index in [0.717, 1.165) is 0 Å². The number of alkyl carbamates (subject to hydrolysis) is 1. The number of pyridine rings is 1. The Balaban J connectivity index is 2.70. The molecule has 1 amide bonds. The monoisotopic (exact) mass is 309 g/mol. The summed E-state index contributed by atoms with van der Waals surface area (Å²) in [7, 11) is 1.42. The minimum absolute atomic E-state index is 0.144. The summed E-state index contributed by atoms with van der Waals surface area (Å²) in [6.45, 7) is 5.43. The highest BCUT2D eigenvalue weighted by Gasteiger charge is 2.16. The number of ether oxygens (including phenoxy) is 2. The summed E-state index contributed by atoms with van der Waals surface area (Å²) in [6, 6.07) is 2.72. The van der Waals surface area contributed by atoms with E-state index in [2.05, 4.69) is 10.3 Å². The van der Waals surface area contributed by atoms with Gasteiger partial charge in [0.2, 0.25) is 5.88 Å². The van der Waals surface area contributed by atoms with Gasteiger partial charge in [0.25, 0.3) is 5.69 Å². The molecule has 8 heteroatoms. The highest BCUT2D eigenvalue weighted by atomic mass is 16.6. The van der Waals surface area contributed by atoms with Gasteiger partial charge in [-0.1, -0.05) is 6.08 Å². The molecule has 0 aliphatic rings. The van der Waals surface area contributed by atoms with Gasteiger partial charge in [0.05, 0.1) is 12.0 Å². The number of hydrogen-bond donors (Lipinski definition) is 1. The number of amides is 1. The van der Waals surface area contributed by atoms with Gasteiger partial charge in [0.1, 0.15) is 11.3 Å². The first-order valence-corrected chi connectivity index (χ1v) is 6.56. The summed E-state index contributed by atoms with van der Waals surface area (Å²) in [5, 5.41) is 13.4. The minimum Gasteiger partial charge on any atom is -0.481 e. The van der Waals surface area contributed by atoms with Crippen molar-refractivity contribution in [2.24, 2.45) is 0 Å². The highest BCUT2D eigenvalue weighted by molar-refractivity contribution is 5.68. The third kappa shape index (κ3) is 5.78. The Kier molecular flexibility index (Phi) is 5.85. The van der Waals surface area contributed by atoms with Crippen molar-refractivity contribution in [2.45, 2.75) is 26.4 Å². The van der Waals surface area contributed by atoms with E-state index in [9.17, 15) is 14.9 Å². The molecule has 1 rings (SSSR count). The van der Waals surface area contributed by atoms with Crippen LogP contribution in [0.25, 0.3) is 6.08 Å². The zero-order valence-corrected chi connectivity index (χ0v) is 13.0. The smallest absolute Gasteiger partial charge is 0.407 e. The summed E-state index contributed by atoms with van der Waals surface area (Å²) < 4.78 is 9.99. The Morgan fingerprint density at radius 3 is 2.68 bits per heavy atom. The molecule has 1 aromatic heterocycles. The number of nitrogens with zero attached hydrogens (tertiary/aromatic N) is 2. The van der Waals surface area contributed by atoms with E-state index in [1.807, 2.05) is 0 Å². The van der Waals surface area contributed by atoms with Gasteiger partial charge in [0.15, 0.2) is 0 Å². The first-order chi connectivity index (χ1) is 10.2. The van der Waals surface area contributed by atoms with Gasteiger partial charge in [-0.25, -0.2) is 9.78 Å². The zero-order chi connectivity index (χ0) is 16.8. The molecule has 1 heterocycles. The Morgan fingerprint density at radius 2 is 2.14 bits per heavy atom. The number of hydrogen-bond acceptors (Lipinski definition) is 6. The fraction of sp³-hybridized carbons (Fsp3) is 0.429. The summed E-state index contributed by atoms with van der Waals surface area (Å²) in [6.07, 6.45) is 2.42. The molecular formula is C14H19N3O5. The van der Waals surface area contributed by atoms with E-state index < -0.39 is 16.6 Å². The third-order valence-corrected chi connectivity index (χ3v) is 2.32. The van der Waals surface area contributed by atoms with Crippen LogP contribution >= 0.6 is 0 Å². The van der Waals surface area contributed by atoms with Crippen LogP contribution in [0.5, 0.6) is 5.88 Å². The maximum atomic E-state index is 11.4. The molecule has 0 spiro atoms. The fourth-order valence-electron chi connectivity index (χ4n) is 1.47. The van der Waals surface area contributed by atoms with Crippen LogP contribution in [-0.2, 0) is 4.74 Å². The SMILES string of the molecule is COc1ccc([N+](=O)[O-])c(C=CCNC(=O)OC(C)(C)C)n1. The van der Waals surface area contributed by atoms with E-state index in [-0.39, 0.29) is 23.8 Å². The molecule has 0 aromatic carbocycles. The van der Waals surface area contributed by atoms with Crippen LogP contribution in [-0.4, -0.2) is 35.3 Å². The second-order valence-electron chi connectivity index (χ2n) is 5.30. The van der Waals surface area contributed by atoms with Crippen molar-refractivity contribution in [3.8, 4) is 5.88 Å². The zero-order valence-electron chi connectivity index (χ0n) is 13.0. The predicted octanol–water partition coefficient (Wildman–Crippen LogP) is 2.54. The molecule has 0 bridgehead atoms. The first-order valence-electron chi connectivity index (χ1n) is 6.56. The summed E-state index contributed by atoms with van der Waals surface area (Å²) in [5.41, 5.74) is -0.578. The number of rotatable bonds is 5. The van der Waals surface area contributed by atoms with Gasteiger partial charge in [0, 0.05) is 18.7 Å². The number of aromatic nitrogens is 1. The van der Waals surface area contributed by atoms with Gasteiger partial charge in [-0.3, -0.25) is 10.1 Å². The minimum atomic E-state index is -0.582. The molecule has 8 nitrogen and oxygen atoms in total. The highest BCUT2D eigenvalue weighted by Crippen LogP contribution is 2.21. The quantitative estimate of drug-likeness (QED) is 0.662. The largest absolute Gasteiger partial charge is 0.481 e. The third-order valence-electron chi connectivity index (χ3n) is 2.32. The van der Waals surface area contributed by atoms with Gasteiger partial charge in [-0.2, -0.15) is 0 Å². The summed E-state index contributed by atoms with van der Waals surface area (Å²) >= 11 is 0. The van der Waals surface area contributed by atoms with Gasteiger partial charge < -0.3 is 14.8 Å². The molecule has 0 saturated heterocycles. The molecule has 0 fully saturated rings. The second-order valence-corrected chi connectivity index (χ2v) is 5.30. The van der Waals surface area contributed by atoms with Crippen molar-refractivity contribution in [1.82, 2.24) is 10.3 Å². The first kappa shape index (κ1) is 17.4.